The number of nitrogens with zero attached hydrogens (tertiary/aromatic N) is 6. The Bertz CT molecular complexity index is 1230. The van der Waals surface area contributed by atoms with Crippen molar-refractivity contribution in [2.45, 2.75) is 0 Å². The molecule has 0 saturated carbocycles. The number of anilines is 4. The first-order valence-electron chi connectivity index (χ1n) is 10.8. The fraction of sp³-hybridized carbons (Fsp3) is 0.250. The first kappa shape index (κ1) is 20.7. The first-order valence-corrected chi connectivity index (χ1v) is 10.8. The highest BCUT2D eigenvalue weighted by Gasteiger charge is 2.22. The van der Waals surface area contributed by atoms with E-state index in [1.807, 2.05) is 54.9 Å². The van der Waals surface area contributed by atoms with Gasteiger partial charge in [-0.3, -0.25) is 0 Å². The number of benzene rings is 2. The SMILES string of the molecule is COc1cc2ncnc(N3CCN(c4ncc(Nc5ccccc5)cn4)CC3)c2cc1OC. The molecule has 1 fully saturated rings. The van der Waals surface area contributed by atoms with Gasteiger partial charge >= 0.3 is 0 Å². The number of rotatable bonds is 6. The van der Waals surface area contributed by atoms with Gasteiger partial charge in [0, 0.05) is 43.3 Å². The molecule has 0 unspecified atom stereocenters. The van der Waals surface area contributed by atoms with Crippen LogP contribution in [0.15, 0.2) is 61.2 Å². The van der Waals surface area contributed by atoms with Crippen molar-refractivity contribution in [1.29, 1.82) is 0 Å². The van der Waals surface area contributed by atoms with Crippen molar-refractivity contribution < 1.29 is 9.47 Å². The summed E-state index contributed by atoms with van der Waals surface area (Å²) >= 11 is 0. The largest absolute Gasteiger partial charge is 0.493 e. The Balaban J connectivity index is 1.29. The molecule has 168 valence electrons. The highest BCUT2D eigenvalue weighted by atomic mass is 16.5. The second kappa shape index (κ2) is 9.15. The molecule has 2 aromatic carbocycles. The van der Waals surface area contributed by atoms with Crippen LogP contribution in [0.25, 0.3) is 10.9 Å². The summed E-state index contributed by atoms with van der Waals surface area (Å²) in [6.07, 6.45) is 5.23. The van der Waals surface area contributed by atoms with E-state index in [-0.39, 0.29) is 0 Å². The smallest absolute Gasteiger partial charge is 0.225 e. The van der Waals surface area contributed by atoms with Gasteiger partial charge in [0.05, 0.1) is 37.8 Å². The van der Waals surface area contributed by atoms with E-state index in [1.54, 1.807) is 20.5 Å². The molecule has 2 aromatic heterocycles. The van der Waals surface area contributed by atoms with E-state index in [0.29, 0.717) is 11.5 Å². The molecular weight excluding hydrogens is 418 g/mol. The third-order valence-corrected chi connectivity index (χ3v) is 5.68. The summed E-state index contributed by atoms with van der Waals surface area (Å²) in [4.78, 5) is 22.6. The van der Waals surface area contributed by atoms with Crippen LogP contribution in [0, 0.1) is 0 Å². The predicted octanol–water partition coefficient (Wildman–Crippen LogP) is 3.51. The number of ether oxygens (including phenoxy) is 2. The summed E-state index contributed by atoms with van der Waals surface area (Å²) in [7, 11) is 3.25. The molecule has 9 heteroatoms. The van der Waals surface area contributed by atoms with Crippen LogP contribution in [0.4, 0.5) is 23.1 Å². The average molecular weight is 444 g/mol. The highest BCUT2D eigenvalue weighted by molar-refractivity contribution is 5.92. The average Bonchev–Trinajstić information content (AvgIpc) is 2.88. The number of fused-ring (bicyclic) bond motifs is 1. The summed E-state index contributed by atoms with van der Waals surface area (Å²) in [5, 5.41) is 4.25. The van der Waals surface area contributed by atoms with Gasteiger partial charge in [0.2, 0.25) is 5.95 Å². The van der Waals surface area contributed by atoms with E-state index in [2.05, 4.69) is 35.1 Å². The lowest BCUT2D eigenvalue weighted by Gasteiger charge is -2.35. The van der Waals surface area contributed by atoms with Crippen LogP contribution in [-0.2, 0) is 0 Å². The molecule has 1 aliphatic rings. The maximum absolute atomic E-state index is 5.48. The first-order chi connectivity index (χ1) is 16.2. The maximum Gasteiger partial charge on any atom is 0.225 e. The van der Waals surface area contributed by atoms with Crippen LogP contribution < -0.4 is 24.6 Å². The van der Waals surface area contributed by atoms with E-state index in [0.717, 1.165) is 60.2 Å². The molecule has 1 N–H and O–H groups in total. The van der Waals surface area contributed by atoms with Crippen molar-refractivity contribution in [2.24, 2.45) is 0 Å². The van der Waals surface area contributed by atoms with Crippen molar-refractivity contribution in [3.63, 3.8) is 0 Å². The molecule has 3 heterocycles. The van der Waals surface area contributed by atoms with Crippen molar-refractivity contribution in [2.75, 3.05) is 55.5 Å². The van der Waals surface area contributed by atoms with E-state index in [9.17, 15) is 0 Å². The quantitative estimate of drug-likeness (QED) is 0.481. The number of piperazine rings is 1. The molecule has 33 heavy (non-hydrogen) atoms. The van der Waals surface area contributed by atoms with Crippen molar-refractivity contribution in [1.82, 2.24) is 19.9 Å². The van der Waals surface area contributed by atoms with Gasteiger partial charge in [0.25, 0.3) is 0 Å². The molecule has 5 rings (SSSR count). The van der Waals surface area contributed by atoms with Crippen LogP contribution in [-0.4, -0.2) is 60.3 Å². The Morgan fingerprint density at radius 1 is 0.758 bits per heavy atom. The molecule has 0 bridgehead atoms. The summed E-state index contributed by atoms with van der Waals surface area (Å²) in [6, 6.07) is 13.8. The zero-order chi connectivity index (χ0) is 22.6. The van der Waals surface area contributed by atoms with Crippen molar-refractivity contribution in [3.8, 4) is 11.5 Å². The molecular formula is C24H25N7O2. The van der Waals surface area contributed by atoms with Crippen LogP contribution in [0.2, 0.25) is 0 Å². The molecule has 0 spiro atoms. The molecule has 1 saturated heterocycles. The Labute approximate surface area is 192 Å². The predicted molar refractivity (Wildman–Crippen MR) is 129 cm³/mol. The summed E-state index contributed by atoms with van der Waals surface area (Å²) < 4.78 is 10.9. The second-order valence-corrected chi connectivity index (χ2v) is 7.66. The second-order valence-electron chi connectivity index (χ2n) is 7.66. The minimum Gasteiger partial charge on any atom is -0.493 e. The highest BCUT2D eigenvalue weighted by Crippen LogP contribution is 2.35. The van der Waals surface area contributed by atoms with Gasteiger partial charge in [0.1, 0.15) is 12.1 Å². The number of hydrogen-bond acceptors (Lipinski definition) is 9. The van der Waals surface area contributed by atoms with Gasteiger partial charge in [-0.2, -0.15) is 0 Å². The summed E-state index contributed by atoms with van der Waals surface area (Å²) in [5.74, 6) is 2.94. The molecule has 0 atom stereocenters. The molecule has 0 radical (unpaired) electrons. The number of hydrogen-bond donors (Lipinski definition) is 1. The Hall–Kier alpha value is -4.14. The Morgan fingerprint density at radius 3 is 2.12 bits per heavy atom. The summed E-state index contributed by atoms with van der Waals surface area (Å²) in [6.45, 7) is 3.19. The fourth-order valence-electron chi connectivity index (χ4n) is 3.98. The van der Waals surface area contributed by atoms with Crippen molar-refractivity contribution >= 4 is 34.0 Å². The lowest BCUT2D eigenvalue weighted by molar-refractivity contribution is 0.356. The molecule has 0 aliphatic carbocycles. The third kappa shape index (κ3) is 4.30. The van der Waals surface area contributed by atoms with E-state index < -0.39 is 0 Å². The number of nitrogens with one attached hydrogen (secondary N) is 1. The molecule has 9 nitrogen and oxygen atoms in total. The fourth-order valence-corrected chi connectivity index (χ4v) is 3.98. The van der Waals surface area contributed by atoms with E-state index >= 15 is 0 Å². The van der Waals surface area contributed by atoms with Crippen LogP contribution in [0.5, 0.6) is 11.5 Å². The molecule has 4 aromatic rings. The Morgan fingerprint density at radius 2 is 1.42 bits per heavy atom. The monoisotopic (exact) mass is 443 g/mol. The lowest BCUT2D eigenvalue weighted by atomic mass is 10.2. The molecule has 0 amide bonds. The van der Waals surface area contributed by atoms with Gasteiger partial charge in [-0.1, -0.05) is 18.2 Å². The van der Waals surface area contributed by atoms with Gasteiger partial charge in [-0.25, -0.2) is 19.9 Å². The van der Waals surface area contributed by atoms with Gasteiger partial charge in [0.15, 0.2) is 11.5 Å². The standard InChI is InChI=1S/C24H25N7O2/c1-32-21-12-19-20(13-22(21)33-2)27-16-28-23(19)30-8-10-31(11-9-30)24-25-14-18(15-26-24)29-17-6-4-3-5-7-17/h3-7,12-16,29H,8-11H2,1-2H3. The van der Waals surface area contributed by atoms with Gasteiger partial charge in [-0.15, -0.1) is 0 Å². The minimum atomic E-state index is 0.654. The summed E-state index contributed by atoms with van der Waals surface area (Å²) in [5.41, 5.74) is 2.69. The lowest BCUT2D eigenvalue weighted by Crippen LogP contribution is -2.47. The van der Waals surface area contributed by atoms with Gasteiger partial charge in [-0.05, 0) is 18.2 Å². The normalized spacial score (nSPS) is 13.8. The van der Waals surface area contributed by atoms with Crippen LogP contribution >= 0.6 is 0 Å². The maximum atomic E-state index is 5.48. The van der Waals surface area contributed by atoms with Crippen molar-refractivity contribution in [3.05, 3.63) is 61.2 Å². The topological polar surface area (TPSA) is 88.5 Å². The van der Waals surface area contributed by atoms with Gasteiger partial charge < -0.3 is 24.6 Å². The van der Waals surface area contributed by atoms with E-state index in [4.69, 9.17) is 9.47 Å². The number of aromatic nitrogens is 4. The zero-order valence-corrected chi connectivity index (χ0v) is 18.6. The minimum absolute atomic E-state index is 0.654. The zero-order valence-electron chi connectivity index (χ0n) is 18.6. The van der Waals surface area contributed by atoms with E-state index in [1.165, 1.54) is 0 Å². The Kier molecular flexibility index (Phi) is 5.75. The number of methoxy groups -OCH3 is 2. The number of para-hydroxylation sites is 1. The third-order valence-electron chi connectivity index (χ3n) is 5.68. The van der Waals surface area contributed by atoms with Crippen LogP contribution in [0.1, 0.15) is 0 Å². The van der Waals surface area contributed by atoms with Crippen LogP contribution in [0.3, 0.4) is 0 Å². The molecule has 1 aliphatic heterocycles.